The molecule has 0 saturated heterocycles. The summed E-state index contributed by atoms with van der Waals surface area (Å²) in [5.74, 6) is -1.56. The SMILES string of the molecule is O=NC(Cl)c1cc(F)cc(F)c1. The van der Waals surface area contributed by atoms with E-state index in [0.717, 1.165) is 12.1 Å². The van der Waals surface area contributed by atoms with E-state index in [2.05, 4.69) is 5.18 Å². The highest BCUT2D eigenvalue weighted by Crippen LogP contribution is 2.22. The van der Waals surface area contributed by atoms with E-state index in [1.807, 2.05) is 0 Å². The van der Waals surface area contributed by atoms with Crippen LogP contribution in [0.1, 0.15) is 11.1 Å². The molecule has 1 aromatic rings. The molecule has 64 valence electrons. The third kappa shape index (κ3) is 1.98. The molecule has 12 heavy (non-hydrogen) atoms. The standard InChI is InChI=1S/C7H4ClF2NO/c8-7(11-12)4-1-5(9)3-6(10)2-4/h1-3,7H. The average molecular weight is 192 g/mol. The molecule has 1 rings (SSSR count). The lowest BCUT2D eigenvalue weighted by Crippen LogP contribution is -1.89. The fraction of sp³-hybridized carbons (Fsp3) is 0.143. The Balaban J connectivity index is 3.08. The van der Waals surface area contributed by atoms with Crippen LogP contribution < -0.4 is 0 Å². The van der Waals surface area contributed by atoms with E-state index in [1.165, 1.54) is 0 Å². The summed E-state index contributed by atoms with van der Waals surface area (Å²) in [6.45, 7) is 0. The van der Waals surface area contributed by atoms with E-state index in [1.54, 1.807) is 0 Å². The highest BCUT2D eigenvalue weighted by molar-refractivity contribution is 6.20. The zero-order valence-corrected chi connectivity index (χ0v) is 6.55. The van der Waals surface area contributed by atoms with Crippen LogP contribution >= 0.6 is 11.6 Å². The Kier molecular flexibility index (Phi) is 2.70. The molecule has 0 saturated carbocycles. The maximum absolute atomic E-state index is 12.5. The van der Waals surface area contributed by atoms with Crippen molar-refractivity contribution in [3.8, 4) is 0 Å². The Bertz CT molecular complexity index is 285. The summed E-state index contributed by atoms with van der Waals surface area (Å²) in [5.41, 5.74) is -1.22. The number of alkyl halides is 1. The summed E-state index contributed by atoms with van der Waals surface area (Å²) in [4.78, 5) is 9.90. The number of nitroso groups, excluding NO2 is 1. The molecule has 0 bridgehead atoms. The van der Waals surface area contributed by atoms with Gasteiger partial charge in [0.2, 0.25) is 0 Å². The Morgan fingerprint density at radius 3 is 2.17 bits per heavy atom. The van der Waals surface area contributed by atoms with E-state index >= 15 is 0 Å². The molecule has 1 atom stereocenters. The van der Waals surface area contributed by atoms with Gasteiger partial charge in [-0.25, -0.2) is 8.78 Å². The molecule has 0 spiro atoms. The molecule has 0 aliphatic carbocycles. The predicted molar refractivity (Wildman–Crippen MR) is 40.7 cm³/mol. The van der Waals surface area contributed by atoms with Gasteiger partial charge in [-0.15, -0.1) is 4.91 Å². The van der Waals surface area contributed by atoms with Crippen molar-refractivity contribution in [2.75, 3.05) is 0 Å². The Morgan fingerprint density at radius 2 is 1.75 bits per heavy atom. The summed E-state index contributed by atoms with van der Waals surface area (Å²) in [7, 11) is 0. The van der Waals surface area contributed by atoms with Gasteiger partial charge in [-0.1, -0.05) is 11.6 Å². The molecule has 0 radical (unpaired) electrons. The number of nitrogens with zero attached hydrogens (tertiary/aromatic N) is 1. The molecule has 0 amide bonds. The van der Waals surface area contributed by atoms with Crippen molar-refractivity contribution >= 4 is 11.6 Å². The molecule has 1 unspecified atom stereocenters. The lowest BCUT2D eigenvalue weighted by molar-refractivity contribution is 0.579. The summed E-state index contributed by atoms with van der Waals surface area (Å²) in [6.07, 6.45) is 0. The minimum absolute atomic E-state index is 0.0177. The van der Waals surface area contributed by atoms with E-state index in [9.17, 15) is 13.7 Å². The molecule has 2 nitrogen and oxygen atoms in total. The molecular weight excluding hydrogens is 188 g/mol. The molecular formula is C7H4ClF2NO. The van der Waals surface area contributed by atoms with Gasteiger partial charge in [0.1, 0.15) is 11.6 Å². The minimum Gasteiger partial charge on any atom is -0.207 e. The first kappa shape index (κ1) is 9.06. The predicted octanol–water partition coefficient (Wildman–Crippen LogP) is 2.97. The smallest absolute Gasteiger partial charge is 0.190 e. The lowest BCUT2D eigenvalue weighted by Gasteiger charge is -2.00. The van der Waals surface area contributed by atoms with Crippen molar-refractivity contribution in [1.29, 1.82) is 0 Å². The van der Waals surface area contributed by atoms with E-state index < -0.39 is 17.1 Å². The second kappa shape index (κ2) is 3.58. The van der Waals surface area contributed by atoms with Gasteiger partial charge in [0, 0.05) is 11.6 Å². The molecule has 1 aromatic carbocycles. The van der Waals surface area contributed by atoms with Gasteiger partial charge < -0.3 is 0 Å². The number of halogens is 3. The molecule has 0 fully saturated rings. The van der Waals surface area contributed by atoms with Gasteiger partial charge >= 0.3 is 0 Å². The van der Waals surface area contributed by atoms with Crippen LogP contribution in [0.3, 0.4) is 0 Å². The van der Waals surface area contributed by atoms with E-state index in [4.69, 9.17) is 11.6 Å². The Morgan fingerprint density at radius 1 is 1.25 bits per heavy atom. The Hall–Kier alpha value is -1.03. The molecule has 0 heterocycles. The first-order valence-corrected chi connectivity index (χ1v) is 3.49. The number of benzene rings is 1. The summed E-state index contributed by atoms with van der Waals surface area (Å²) in [6, 6.07) is 2.61. The first-order valence-electron chi connectivity index (χ1n) is 3.06. The van der Waals surface area contributed by atoms with Gasteiger partial charge in [-0.05, 0) is 17.3 Å². The van der Waals surface area contributed by atoms with Crippen LogP contribution in [0.15, 0.2) is 23.4 Å². The van der Waals surface area contributed by atoms with Crippen LogP contribution in [0.2, 0.25) is 0 Å². The fourth-order valence-corrected chi connectivity index (χ4v) is 0.900. The minimum atomic E-state index is -1.24. The van der Waals surface area contributed by atoms with Gasteiger partial charge in [-0.3, -0.25) is 0 Å². The Labute approximate surface area is 72.1 Å². The largest absolute Gasteiger partial charge is 0.207 e. The number of hydrogen-bond acceptors (Lipinski definition) is 2. The van der Waals surface area contributed by atoms with E-state index in [0.29, 0.717) is 6.07 Å². The number of hydrogen-bond donors (Lipinski definition) is 0. The molecule has 0 aromatic heterocycles. The fourth-order valence-electron chi connectivity index (χ4n) is 0.774. The molecule has 0 N–H and O–H groups in total. The van der Waals surface area contributed by atoms with Gasteiger partial charge in [0.25, 0.3) is 0 Å². The van der Waals surface area contributed by atoms with Crippen LogP contribution in [0.5, 0.6) is 0 Å². The van der Waals surface area contributed by atoms with Crippen LogP contribution in [0.25, 0.3) is 0 Å². The van der Waals surface area contributed by atoms with Crippen LogP contribution in [-0.4, -0.2) is 0 Å². The first-order chi connectivity index (χ1) is 5.63. The monoisotopic (exact) mass is 191 g/mol. The molecule has 0 aliphatic heterocycles. The van der Waals surface area contributed by atoms with Gasteiger partial charge in [0.15, 0.2) is 5.50 Å². The van der Waals surface area contributed by atoms with Crippen molar-refractivity contribution in [3.63, 3.8) is 0 Å². The third-order valence-corrected chi connectivity index (χ3v) is 1.58. The van der Waals surface area contributed by atoms with Gasteiger partial charge in [0.05, 0.1) is 0 Å². The second-order valence-corrected chi connectivity index (χ2v) is 2.56. The number of rotatable bonds is 2. The van der Waals surface area contributed by atoms with Crippen LogP contribution in [0.4, 0.5) is 8.78 Å². The van der Waals surface area contributed by atoms with Crippen LogP contribution in [-0.2, 0) is 0 Å². The zero-order valence-electron chi connectivity index (χ0n) is 5.80. The van der Waals surface area contributed by atoms with E-state index in [-0.39, 0.29) is 5.56 Å². The second-order valence-electron chi connectivity index (χ2n) is 2.14. The molecule has 0 aliphatic rings. The maximum Gasteiger partial charge on any atom is 0.190 e. The summed E-state index contributed by atoms with van der Waals surface area (Å²) in [5, 5.41) is 2.42. The molecule has 5 heteroatoms. The maximum atomic E-state index is 12.5. The summed E-state index contributed by atoms with van der Waals surface area (Å²) >= 11 is 5.32. The van der Waals surface area contributed by atoms with Crippen molar-refractivity contribution in [2.24, 2.45) is 5.18 Å². The van der Waals surface area contributed by atoms with Crippen molar-refractivity contribution in [1.82, 2.24) is 0 Å². The summed E-state index contributed by atoms with van der Waals surface area (Å²) < 4.78 is 25.0. The normalized spacial score (nSPS) is 12.6. The van der Waals surface area contributed by atoms with Gasteiger partial charge in [-0.2, -0.15) is 0 Å². The van der Waals surface area contributed by atoms with Crippen molar-refractivity contribution < 1.29 is 8.78 Å². The topological polar surface area (TPSA) is 29.4 Å². The average Bonchev–Trinajstić information content (AvgIpc) is 2.01. The van der Waals surface area contributed by atoms with Crippen molar-refractivity contribution in [3.05, 3.63) is 40.3 Å². The zero-order chi connectivity index (χ0) is 9.14. The third-order valence-electron chi connectivity index (χ3n) is 1.25. The lowest BCUT2D eigenvalue weighted by atomic mass is 10.2. The quantitative estimate of drug-likeness (QED) is 0.401. The highest BCUT2D eigenvalue weighted by Gasteiger charge is 2.09. The highest BCUT2D eigenvalue weighted by atomic mass is 35.5. The van der Waals surface area contributed by atoms with Crippen LogP contribution in [0, 0.1) is 16.5 Å². The van der Waals surface area contributed by atoms with Crippen molar-refractivity contribution in [2.45, 2.75) is 5.50 Å².